The molecule has 0 amide bonds. The normalized spacial score (nSPS) is 10.8. The Balaban J connectivity index is -0.0000000750. The lowest BCUT2D eigenvalue weighted by molar-refractivity contribution is 0.0360. The summed E-state index contributed by atoms with van der Waals surface area (Å²) in [7, 11) is 0. The van der Waals surface area contributed by atoms with E-state index in [0.29, 0.717) is 23.7 Å². The molecule has 0 aliphatic heterocycles. The lowest BCUT2D eigenvalue weighted by Gasteiger charge is -2.08. The van der Waals surface area contributed by atoms with Gasteiger partial charge in [0, 0.05) is 39.6 Å². The summed E-state index contributed by atoms with van der Waals surface area (Å²) in [6, 6.07) is 0. The number of hydrogen-bond acceptors (Lipinski definition) is 6. The highest BCUT2D eigenvalue weighted by molar-refractivity contribution is 4.82. The highest BCUT2D eigenvalue weighted by Gasteiger charge is 1.98. The first-order valence-corrected chi connectivity index (χ1v) is 21.3. The predicted octanol–water partition coefficient (Wildman–Crippen LogP) is 15.9. The van der Waals surface area contributed by atoms with Crippen molar-refractivity contribution >= 4 is 0 Å². The zero-order chi connectivity index (χ0) is 40.4. The summed E-state index contributed by atoms with van der Waals surface area (Å²) >= 11 is 0. The summed E-state index contributed by atoms with van der Waals surface area (Å²) in [6.45, 7) is 44.8. The fourth-order valence-electron chi connectivity index (χ4n) is 3.88. The van der Waals surface area contributed by atoms with Crippen molar-refractivity contribution in [3.8, 4) is 0 Å². The van der Waals surface area contributed by atoms with Gasteiger partial charge in [0.25, 0.3) is 0 Å². The molecule has 6 nitrogen and oxygen atoms in total. The first-order valence-electron chi connectivity index (χ1n) is 21.3. The molecule has 0 N–H and O–H groups in total. The second kappa shape index (κ2) is 61.9. The van der Waals surface area contributed by atoms with Gasteiger partial charge in [0.1, 0.15) is 0 Å². The maximum atomic E-state index is 5.44. The Bertz CT molecular complexity index is 597. The number of ether oxygens (including phenoxy) is 6. The monoisotopic (exact) mass is 825 g/mol. The van der Waals surface area contributed by atoms with Crippen molar-refractivity contribution in [2.24, 2.45) is 47.3 Å². The van der Waals surface area contributed by atoms with Crippen molar-refractivity contribution < 1.29 is 28.4 Å². The summed E-state index contributed by atoms with van der Waals surface area (Å²) < 4.78 is 32.5. The quantitative estimate of drug-likeness (QED) is 0.0531. The first kappa shape index (κ1) is 76.9. The maximum absolute atomic E-state index is 5.44. The van der Waals surface area contributed by atoms with Gasteiger partial charge in [-0.2, -0.15) is 0 Å². The number of allylic oxidation sites excluding steroid dienone is 2. The van der Waals surface area contributed by atoms with Gasteiger partial charge in [0.2, 0.25) is 0 Å². The Morgan fingerprint density at radius 3 is 0.789 bits per heavy atom. The molecule has 0 heterocycles. The lowest BCUT2D eigenvalue weighted by Crippen LogP contribution is -2.09. The minimum Gasteiger partial charge on any atom is -0.379 e. The summed E-state index contributed by atoms with van der Waals surface area (Å²) in [5.41, 5.74) is 0. The molecule has 0 unspecified atom stereocenters. The Morgan fingerprint density at radius 2 is 0.544 bits per heavy atom. The topological polar surface area (TPSA) is 55.4 Å². The van der Waals surface area contributed by atoms with Crippen LogP contribution in [0, 0.1) is 47.3 Å². The van der Waals surface area contributed by atoms with Gasteiger partial charge in [0.05, 0.1) is 39.6 Å². The highest BCUT2D eigenvalue weighted by Crippen LogP contribution is 2.04. The molecular weight excluding hydrogens is 709 g/mol. The predicted molar refractivity (Wildman–Crippen MR) is 263 cm³/mol. The van der Waals surface area contributed by atoms with Gasteiger partial charge >= 0.3 is 0 Å². The summed E-state index contributed by atoms with van der Waals surface area (Å²) in [6.07, 6.45) is 15.8. The molecule has 0 aromatic heterocycles. The minimum absolute atomic E-state index is 0. The zero-order valence-corrected chi connectivity index (χ0v) is 38.1. The van der Waals surface area contributed by atoms with Crippen LogP contribution in [0.2, 0.25) is 0 Å². The van der Waals surface area contributed by atoms with Gasteiger partial charge in [-0.3, -0.25) is 0 Å². The molecule has 0 aromatic rings. The van der Waals surface area contributed by atoms with Crippen molar-refractivity contribution in [3.05, 3.63) is 24.3 Å². The van der Waals surface area contributed by atoms with Crippen molar-refractivity contribution in [2.75, 3.05) is 79.3 Å². The van der Waals surface area contributed by atoms with Gasteiger partial charge in [-0.1, -0.05) is 172 Å². The van der Waals surface area contributed by atoms with E-state index in [4.69, 9.17) is 28.4 Å². The van der Waals surface area contributed by atoms with Crippen LogP contribution in [-0.2, 0) is 28.4 Å². The van der Waals surface area contributed by atoms with Crippen molar-refractivity contribution in [2.45, 2.75) is 186 Å². The fourth-order valence-corrected chi connectivity index (χ4v) is 3.88. The maximum Gasteiger partial charge on any atom is 0.0700 e. The van der Waals surface area contributed by atoms with Gasteiger partial charge in [0.15, 0.2) is 0 Å². The Hall–Kier alpha value is -0.760. The summed E-state index contributed by atoms with van der Waals surface area (Å²) in [5, 5.41) is 0. The third-order valence-corrected chi connectivity index (χ3v) is 6.67. The van der Waals surface area contributed by atoms with E-state index in [1.165, 1.54) is 25.7 Å². The molecule has 0 bridgehead atoms. The molecule has 0 aliphatic carbocycles. The van der Waals surface area contributed by atoms with Crippen molar-refractivity contribution in [1.29, 1.82) is 0 Å². The van der Waals surface area contributed by atoms with E-state index in [1.54, 1.807) is 0 Å². The molecule has 356 valence electrons. The largest absolute Gasteiger partial charge is 0.379 e. The van der Waals surface area contributed by atoms with Crippen LogP contribution in [-0.4, -0.2) is 79.3 Å². The molecular formula is C51H116O6. The van der Waals surface area contributed by atoms with Gasteiger partial charge < -0.3 is 28.4 Å². The summed E-state index contributed by atoms with van der Waals surface area (Å²) in [4.78, 5) is 0. The second-order valence-corrected chi connectivity index (χ2v) is 17.3. The van der Waals surface area contributed by atoms with Crippen LogP contribution < -0.4 is 0 Å². The van der Waals surface area contributed by atoms with Crippen LogP contribution >= 0.6 is 0 Å². The minimum atomic E-state index is 0. The molecule has 0 spiro atoms. The van der Waals surface area contributed by atoms with Crippen LogP contribution in [0.5, 0.6) is 0 Å². The molecule has 0 aromatic carbocycles. The lowest BCUT2D eigenvalue weighted by atomic mass is 10.1. The Labute approximate surface area is 364 Å². The SMILES string of the molecule is C.C.C.C.C.CC(C)CC=CCOCC(C)C.CC(C)CC=CCOCC(C)C.CC(C)CCCOCCOCC(C)C.CC(C)CCCOCCOCC(C)C. The highest BCUT2D eigenvalue weighted by atomic mass is 16.5. The molecule has 0 rings (SSSR count). The van der Waals surface area contributed by atoms with Gasteiger partial charge in [-0.15, -0.1) is 0 Å². The van der Waals surface area contributed by atoms with Crippen LogP contribution in [0.25, 0.3) is 0 Å². The average molecular weight is 825 g/mol. The van der Waals surface area contributed by atoms with Crippen LogP contribution in [0.15, 0.2) is 24.3 Å². The second-order valence-electron chi connectivity index (χ2n) is 17.3. The van der Waals surface area contributed by atoms with Gasteiger partial charge in [-0.05, 0) is 85.9 Å². The molecule has 0 saturated heterocycles. The molecule has 0 radical (unpaired) electrons. The first-order chi connectivity index (χ1) is 24.5. The van der Waals surface area contributed by atoms with Gasteiger partial charge in [-0.25, -0.2) is 0 Å². The number of hydrogen-bond donors (Lipinski definition) is 0. The van der Waals surface area contributed by atoms with E-state index in [0.717, 1.165) is 116 Å². The van der Waals surface area contributed by atoms with E-state index in [-0.39, 0.29) is 37.1 Å². The Kier molecular flexibility index (Phi) is 83.5. The van der Waals surface area contributed by atoms with E-state index in [1.807, 2.05) is 0 Å². The van der Waals surface area contributed by atoms with E-state index < -0.39 is 0 Å². The standard InChI is InChI=1S/2C12H26O2.2C11H22O.5CH4/c2*1-11(2)6-5-7-13-8-9-14-10-12(3)4;2*1-10(2)7-5-6-8-12-9-11(3)4;;;;;/h2*11-12H,5-10H2,1-4H3;2*5-6,10-11H,7-9H2,1-4H3;5*1H4. The molecule has 57 heavy (non-hydrogen) atoms. The van der Waals surface area contributed by atoms with E-state index in [2.05, 4.69) is 135 Å². The van der Waals surface area contributed by atoms with Crippen LogP contribution in [0.3, 0.4) is 0 Å². The number of rotatable bonds is 30. The molecule has 0 atom stereocenters. The van der Waals surface area contributed by atoms with E-state index >= 15 is 0 Å². The smallest absolute Gasteiger partial charge is 0.0700 e. The molecule has 0 saturated carbocycles. The van der Waals surface area contributed by atoms with Crippen molar-refractivity contribution in [3.63, 3.8) is 0 Å². The third-order valence-electron chi connectivity index (χ3n) is 6.67. The molecule has 0 aliphatic rings. The Morgan fingerprint density at radius 1 is 0.281 bits per heavy atom. The van der Waals surface area contributed by atoms with Crippen LogP contribution in [0.4, 0.5) is 0 Å². The third kappa shape index (κ3) is 102. The average Bonchev–Trinajstić information content (AvgIpc) is 3.03. The van der Waals surface area contributed by atoms with Crippen LogP contribution in [0.1, 0.15) is 186 Å². The fraction of sp³-hybridized carbons (Fsp3) is 0.922. The van der Waals surface area contributed by atoms with Crippen molar-refractivity contribution in [1.82, 2.24) is 0 Å². The zero-order valence-electron chi connectivity index (χ0n) is 38.1. The summed E-state index contributed by atoms with van der Waals surface area (Å²) in [5.74, 6) is 5.61. The molecule has 6 heteroatoms. The van der Waals surface area contributed by atoms with E-state index in [9.17, 15) is 0 Å². The molecule has 0 fully saturated rings.